The molecule has 0 atom stereocenters. The van der Waals surface area contributed by atoms with E-state index >= 15 is 0 Å². The van der Waals surface area contributed by atoms with Crippen molar-refractivity contribution in [3.8, 4) is 22.6 Å². The summed E-state index contributed by atoms with van der Waals surface area (Å²) in [5.41, 5.74) is 9.50. The minimum Gasteiger partial charge on any atom is -0.457 e. The summed E-state index contributed by atoms with van der Waals surface area (Å²) in [4.78, 5) is 20.4. The third kappa shape index (κ3) is 3.45. The van der Waals surface area contributed by atoms with E-state index in [9.17, 15) is 4.79 Å². The van der Waals surface area contributed by atoms with E-state index in [1.165, 1.54) is 13.3 Å². The number of anilines is 1. The molecule has 0 fully saturated rings. The van der Waals surface area contributed by atoms with Crippen molar-refractivity contribution in [3.05, 3.63) is 66.6 Å². The lowest BCUT2D eigenvalue weighted by atomic mass is 10.1. The molecule has 4 rings (SSSR count). The lowest BCUT2D eigenvalue weighted by molar-refractivity contribution is 0.101. The standard InChI is InChI=1S/C23H22N4O2/c1-14(2)27-12-19(21-22(24)25-13-26-23(21)27)16-8-10-17(11-9-16)29-20-7-5-4-6-18(20)15(3)28/h4-14H,1-3H3,(H2,24,25,26). The molecular weight excluding hydrogens is 364 g/mol. The summed E-state index contributed by atoms with van der Waals surface area (Å²) < 4.78 is 8.03. The highest BCUT2D eigenvalue weighted by atomic mass is 16.5. The van der Waals surface area contributed by atoms with Gasteiger partial charge in [-0.2, -0.15) is 0 Å². The van der Waals surface area contributed by atoms with Crippen LogP contribution >= 0.6 is 0 Å². The van der Waals surface area contributed by atoms with E-state index in [0.29, 0.717) is 22.9 Å². The number of hydrogen-bond acceptors (Lipinski definition) is 5. The predicted octanol–water partition coefficient (Wildman–Crippen LogP) is 5.26. The molecule has 0 saturated carbocycles. The van der Waals surface area contributed by atoms with E-state index in [1.54, 1.807) is 12.1 Å². The van der Waals surface area contributed by atoms with Crippen molar-refractivity contribution in [1.82, 2.24) is 14.5 Å². The van der Waals surface area contributed by atoms with Gasteiger partial charge in [0.2, 0.25) is 0 Å². The van der Waals surface area contributed by atoms with Crippen molar-refractivity contribution >= 4 is 22.6 Å². The van der Waals surface area contributed by atoms with Gasteiger partial charge in [-0.1, -0.05) is 24.3 Å². The van der Waals surface area contributed by atoms with Crippen LogP contribution < -0.4 is 10.5 Å². The largest absolute Gasteiger partial charge is 0.457 e. The molecule has 4 aromatic rings. The Morgan fingerprint density at radius 2 is 1.79 bits per heavy atom. The maximum Gasteiger partial charge on any atom is 0.163 e. The first kappa shape index (κ1) is 18.7. The third-order valence-electron chi connectivity index (χ3n) is 4.85. The van der Waals surface area contributed by atoms with Crippen molar-refractivity contribution in [2.45, 2.75) is 26.8 Å². The average molecular weight is 386 g/mol. The zero-order chi connectivity index (χ0) is 20.5. The number of benzene rings is 2. The summed E-state index contributed by atoms with van der Waals surface area (Å²) in [7, 11) is 0. The van der Waals surface area contributed by atoms with Gasteiger partial charge in [-0.25, -0.2) is 9.97 Å². The number of aromatic nitrogens is 3. The molecule has 6 heteroatoms. The first-order chi connectivity index (χ1) is 14.0. The Morgan fingerprint density at radius 1 is 1.07 bits per heavy atom. The summed E-state index contributed by atoms with van der Waals surface area (Å²) in [6.45, 7) is 5.73. The van der Waals surface area contributed by atoms with Gasteiger partial charge in [-0.05, 0) is 50.6 Å². The summed E-state index contributed by atoms with van der Waals surface area (Å²) in [5, 5.41) is 0.844. The van der Waals surface area contributed by atoms with Gasteiger partial charge in [-0.15, -0.1) is 0 Å². The van der Waals surface area contributed by atoms with E-state index in [2.05, 4.69) is 34.6 Å². The number of rotatable bonds is 5. The highest BCUT2D eigenvalue weighted by Crippen LogP contribution is 2.35. The monoisotopic (exact) mass is 386 g/mol. The normalized spacial score (nSPS) is 11.2. The smallest absolute Gasteiger partial charge is 0.163 e. The zero-order valence-corrected chi connectivity index (χ0v) is 16.6. The highest BCUT2D eigenvalue weighted by Gasteiger charge is 2.16. The fourth-order valence-corrected chi connectivity index (χ4v) is 3.40. The number of ether oxygens (including phenoxy) is 1. The number of carbonyl (C=O) groups is 1. The van der Waals surface area contributed by atoms with E-state index in [0.717, 1.165) is 22.2 Å². The van der Waals surface area contributed by atoms with Gasteiger partial charge >= 0.3 is 0 Å². The van der Waals surface area contributed by atoms with Gasteiger partial charge in [0.25, 0.3) is 0 Å². The number of nitrogens with two attached hydrogens (primary N) is 1. The van der Waals surface area contributed by atoms with E-state index in [4.69, 9.17) is 10.5 Å². The van der Waals surface area contributed by atoms with Crippen LogP contribution in [0.15, 0.2) is 61.1 Å². The van der Waals surface area contributed by atoms with Crippen molar-refractivity contribution in [2.75, 3.05) is 5.73 Å². The van der Waals surface area contributed by atoms with Crippen molar-refractivity contribution < 1.29 is 9.53 Å². The molecule has 2 N–H and O–H groups in total. The second kappa shape index (κ2) is 7.39. The van der Waals surface area contributed by atoms with Crippen LogP contribution in [-0.4, -0.2) is 20.3 Å². The Balaban J connectivity index is 1.72. The van der Waals surface area contributed by atoms with E-state index < -0.39 is 0 Å². The van der Waals surface area contributed by atoms with Crippen LogP contribution in [0.2, 0.25) is 0 Å². The summed E-state index contributed by atoms with van der Waals surface area (Å²) in [6.07, 6.45) is 3.55. The Kier molecular flexibility index (Phi) is 4.76. The molecule has 0 aliphatic rings. The molecule has 2 aromatic carbocycles. The molecule has 0 aliphatic heterocycles. The summed E-state index contributed by atoms with van der Waals surface area (Å²) in [5.74, 6) is 1.62. The maximum atomic E-state index is 11.8. The highest BCUT2D eigenvalue weighted by molar-refractivity contribution is 6.00. The number of fused-ring (bicyclic) bond motifs is 1. The van der Waals surface area contributed by atoms with Crippen molar-refractivity contribution in [2.24, 2.45) is 0 Å². The molecule has 29 heavy (non-hydrogen) atoms. The lowest BCUT2D eigenvalue weighted by Crippen LogP contribution is -2.00. The average Bonchev–Trinajstić information content (AvgIpc) is 3.10. The van der Waals surface area contributed by atoms with Crippen LogP contribution in [0.1, 0.15) is 37.2 Å². The topological polar surface area (TPSA) is 83.0 Å². The van der Waals surface area contributed by atoms with E-state index in [1.807, 2.05) is 36.4 Å². The summed E-state index contributed by atoms with van der Waals surface area (Å²) >= 11 is 0. The third-order valence-corrected chi connectivity index (χ3v) is 4.85. The van der Waals surface area contributed by atoms with Gasteiger partial charge in [0.05, 0.1) is 10.9 Å². The molecule has 6 nitrogen and oxygen atoms in total. The lowest BCUT2D eigenvalue weighted by Gasteiger charge is -2.10. The fourth-order valence-electron chi connectivity index (χ4n) is 3.40. The van der Waals surface area contributed by atoms with Gasteiger partial charge in [0, 0.05) is 17.8 Å². The minimum absolute atomic E-state index is 0.0332. The van der Waals surface area contributed by atoms with Crippen LogP contribution in [0.4, 0.5) is 5.82 Å². The van der Waals surface area contributed by atoms with Crippen LogP contribution in [0.5, 0.6) is 11.5 Å². The molecule has 146 valence electrons. The second-order valence-corrected chi connectivity index (χ2v) is 7.18. The number of nitrogens with zero attached hydrogens (tertiary/aromatic N) is 3. The molecule has 0 saturated heterocycles. The van der Waals surface area contributed by atoms with Crippen LogP contribution in [0, 0.1) is 0 Å². The van der Waals surface area contributed by atoms with Crippen LogP contribution in [0.25, 0.3) is 22.2 Å². The molecule has 0 amide bonds. The Labute approximate surface area is 169 Å². The van der Waals surface area contributed by atoms with Gasteiger partial charge in [0.15, 0.2) is 5.78 Å². The number of Topliss-reactive ketones (excluding diaryl/α,β-unsaturated/α-hetero) is 1. The van der Waals surface area contributed by atoms with Gasteiger partial charge < -0.3 is 15.0 Å². The van der Waals surface area contributed by atoms with Gasteiger partial charge in [-0.3, -0.25) is 4.79 Å². The number of carbonyl (C=O) groups excluding carboxylic acids is 1. The molecule has 0 spiro atoms. The van der Waals surface area contributed by atoms with Crippen LogP contribution in [-0.2, 0) is 0 Å². The maximum absolute atomic E-state index is 11.8. The Bertz CT molecular complexity index is 1190. The second-order valence-electron chi connectivity index (χ2n) is 7.18. The van der Waals surface area contributed by atoms with Crippen molar-refractivity contribution in [3.63, 3.8) is 0 Å². The molecule has 0 bridgehead atoms. The van der Waals surface area contributed by atoms with Gasteiger partial charge in [0.1, 0.15) is 29.3 Å². The first-order valence-corrected chi connectivity index (χ1v) is 9.45. The predicted molar refractivity (Wildman–Crippen MR) is 114 cm³/mol. The molecule has 2 aromatic heterocycles. The summed E-state index contributed by atoms with van der Waals surface area (Å²) in [6, 6.07) is 15.2. The Hall–Kier alpha value is -3.67. The number of para-hydroxylation sites is 1. The van der Waals surface area contributed by atoms with Crippen molar-refractivity contribution in [1.29, 1.82) is 0 Å². The van der Waals surface area contributed by atoms with Crippen LogP contribution in [0.3, 0.4) is 0 Å². The molecule has 0 radical (unpaired) electrons. The quantitative estimate of drug-likeness (QED) is 0.473. The van der Waals surface area contributed by atoms with E-state index in [-0.39, 0.29) is 11.8 Å². The molecule has 2 heterocycles. The SMILES string of the molecule is CC(=O)c1ccccc1Oc1ccc(-c2cn(C(C)C)c3ncnc(N)c23)cc1. The first-order valence-electron chi connectivity index (χ1n) is 9.45. The molecule has 0 unspecified atom stereocenters. The fraction of sp³-hybridized carbons (Fsp3) is 0.174. The molecular formula is C23H22N4O2. The number of nitrogen functional groups attached to an aromatic ring is 1. The minimum atomic E-state index is -0.0332. The molecule has 0 aliphatic carbocycles. The number of ketones is 1. The zero-order valence-electron chi connectivity index (χ0n) is 16.6. The Morgan fingerprint density at radius 3 is 2.48 bits per heavy atom. The number of hydrogen-bond donors (Lipinski definition) is 1.